The van der Waals surface area contributed by atoms with Crippen molar-refractivity contribution in [1.82, 2.24) is 0 Å². The number of aliphatic hydroxyl groups is 1. The molecule has 0 saturated carbocycles. The van der Waals surface area contributed by atoms with Crippen molar-refractivity contribution < 1.29 is 19.4 Å². The van der Waals surface area contributed by atoms with Crippen LogP contribution in [0, 0.1) is 0 Å². The Morgan fingerprint density at radius 3 is 2.31 bits per heavy atom. The second kappa shape index (κ2) is 3.57. The van der Waals surface area contributed by atoms with Gasteiger partial charge in [-0.25, -0.2) is 4.79 Å². The van der Waals surface area contributed by atoms with Crippen LogP contribution in [0.2, 0.25) is 0 Å². The SMILES string of the molecule is CC1(C)OC(=O)[C@](CO)(c2ccccc2)O1. The normalized spacial score (nSPS) is 27.8. The van der Waals surface area contributed by atoms with Gasteiger partial charge in [0, 0.05) is 13.8 Å². The van der Waals surface area contributed by atoms with Crippen molar-refractivity contribution in [3.8, 4) is 0 Å². The zero-order chi connectivity index (χ0) is 11.8. The van der Waals surface area contributed by atoms with Crippen LogP contribution in [-0.4, -0.2) is 23.5 Å². The molecule has 0 aliphatic carbocycles. The van der Waals surface area contributed by atoms with Crippen molar-refractivity contribution in [3.63, 3.8) is 0 Å². The summed E-state index contributed by atoms with van der Waals surface area (Å²) in [6.07, 6.45) is 0. The lowest BCUT2D eigenvalue weighted by molar-refractivity contribution is -0.173. The number of hydrogen-bond acceptors (Lipinski definition) is 4. The first-order valence-corrected chi connectivity index (χ1v) is 5.10. The molecule has 16 heavy (non-hydrogen) atoms. The van der Waals surface area contributed by atoms with Crippen molar-refractivity contribution in [1.29, 1.82) is 0 Å². The fourth-order valence-corrected chi connectivity index (χ4v) is 1.86. The summed E-state index contributed by atoms with van der Waals surface area (Å²) < 4.78 is 10.7. The molecule has 0 bridgehead atoms. The Labute approximate surface area is 93.8 Å². The Morgan fingerprint density at radius 1 is 1.25 bits per heavy atom. The highest BCUT2D eigenvalue weighted by Gasteiger charge is 2.55. The Balaban J connectivity index is 2.46. The third-order valence-corrected chi connectivity index (χ3v) is 2.55. The molecule has 1 aliphatic rings. The van der Waals surface area contributed by atoms with Gasteiger partial charge in [-0.15, -0.1) is 0 Å². The molecule has 4 heteroatoms. The molecule has 1 aromatic carbocycles. The van der Waals surface area contributed by atoms with Gasteiger partial charge in [0.2, 0.25) is 11.4 Å². The maximum Gasteiger partial charge on any atom is 0.348 e. The zero-order valence-corrected chi connectivity index (χ0v) is 9.27. The maximum absolute atomic E-state index is 11.8. The molecule has 1 fully saturated rings. The smallest absolute Gasteiger partial charge is 0.348 e. The molecule has 86 valence electrons. The van der Waals surface area contributed by atoms with E-state index in [0.29, 0.717) is 5.56 Å². The summed E-state index contributed by atoms with van der Waals surface area (Å²) in [5.41, 5.74) is -0.779. The average molecular weight is 222 g/mol. The van der Waals surface area contributed by atoms with E-state index in [1.807, 2.05) is 6.07 Å². The second-order valence-electron chi connectivity index (χ2n) is 4.24. The number of carbonyl (C=O) groups is 1. The van der Waals surface area contributed by atoms with Gasteiger partial charge < -0.3 is 14.6 Å². The van der Waals surface area contributed by atoms with Gasteiger partial charge in [0.15, 0.2) is 0 Å². The van der Waals surface area contributed by atoms with Crippen LogP contribution in [0.15, 0.2) is 30.3 Å². The van der Waals surface area contributed by atoms with E-state index in [4.69, 9.17) is 9.47 Å². The lowest BCUT2D eigenvalue weighted by Crippen LogP contribution is -2.38. The monoisotopic (exact) mass is 222 g/mol. The van der Waals surface area contributed by atoms with Gasteiger partial charge in [-0.2, -0.15) is 0 Å². The van der Waals surface area contributed by atoms with Crippen molar-refractivity contribution in [2.75, 3.05) is 6.61 Å². The Hall–Kier alpha value is -1.39. The van der Waals surface area contributed by atoms with E-state index in [1.54, 1.807) is 38.1 Å². The molecule has 0 unspecified atom stereocenters. The first kappa shape index (κ1) is 11.1. The van der Waals surface area contributed by atoms with E-state index in [2.05, 4.69) is 0 Å². The number of cyclic esters (lactones) is 1. The van der Waals surface area contributed by atoms with Crippen molar-refractivity contribution in [2.24, 2.45) is 0 Å². The lowest BCUT2D eigenvalue weighted by atomic mass is 9.95. The Bertz CT molecular complexity index is 399. The van der Waals surface area contributed by atoms with E-state index < -0.39 is 24.0 Å². The summed E-state index contributed by atoms with van der Waals surface area (Å²) in [5.74, 6) is -1.55. The summed E-state index contributed by atoms with van der Waals surface area (Å²) in [6.45, 7) is 2.86. The number of hydrogen-bond donors (Lipinski definition) is 1. The fourth-order valence-electron chi connectivity index (χ4n) is 1.86. The summed E-state index contributed by atoms with van der Waals surface area (Å²) >= 11 is 0. The molecule has 1 N–H and O–H groups in total. The number of benzene rings is 1. The molecule has 1 aliphatic heterocycles. The number of esters is 1. The van der Waals surface area contributed by atoms with Crippen LogP contribution < -0.4 is 0 Å². The third kappa shape index (κ3) is 1.60. The largest absolute Gasteiger partial charge is 0.431 e. The van der Waals surface area contributed by atoms with Gasteiger partial charge in [-0.05, 0) is 5.56 Å². The molecule has 0 radical (unpaired) electrons. The highest BCUT2D eigenvalue weighted by Crippen LogP contribution is 2.39. The minimum Gasteiger partial charge on any atom is -0.431 e. The molecule has 1 aromatic rings. The van der Waals surface area contributed by atoms with E-state index in [1.165, 1.54) is 0 Å². The third-order valence-electron chi connectivity index (χ3n) is 2.55. The molecule has 4 nitrogen and oxygen atoms in total. The number of ether oxygens (including phenoxy) is 2. The van der Waals surface area contributed by atoms with Gasteiger partial charge in [0.1, 0.15) is 0 Å². The highest BCUT2D eigenvalue weighted by molar-refractivity contribution is 5.83. The minimum absolute atomic E-state index is 0.431. The van der Waals surface area contributed by atoms with Crippen LogP contribution in [0.3, 0.4) is 0 Å². The first-order valence-electron chi connectivity index (χ1n) is 5.10. The molecule has 0 spiro atoms. The van der Waals surface area contributed by atoms with E-state index >= 15 is 0 Å². The summed E-state index contributed by atoms with van der Waals surface area (Å²) in [5, 5.41) is 9.45. The number of rotatable bonds is 2. The summed E-state index contributed by atoms with van der Waals surface area (Å²) in [6, 6.07) is 8.88. The second-order valence-corrected chi connectivity index (χ2v) is 4.24. The predicted octanol–water partition coefficient (Wildman–Crippen LogP) is 1.18. The number of carbonyl (C=O) groups excluding carboxylic acids is 1. The summed E-state index contributed by atoms with van der Waals surface area (Å²) in [7, 11) is 0. The van der Waals surface area contributed by atoms with Crippen molar-refractivity contribution in [3.05, 3.63) is 35.9 Å². The van der Waals surface area contributed by atoms with Crippen molar-refractivity contribution >= 4 is 5.97 Å². The van der Waals surface area contributed by atoms with Gasteiger partial charge in [-0.1, -0.05) is 30.3 Å². The van der Waals surface area contributed by atoms with Gasteiger partial charge in [0.05, 0.1) is 6.61 Å². The number of aliphatic hydroxyl groups excluding tert-OH is 1. The molecule has 0 aromatic heterocycles. The van der Waals surface area contributed by atoms with Crippen LogP contribution in [0.25, 0.3) is 0 Å². The first-order chi connectivity index (χ1) is 7.50. The van der Waals surface area contributed by atoms with Crippen LogP contribution in [0.4, 0.5) is 0 Å². The molecular weight excluding hydrogens is 208 g/mol. The van der Waals surface area contributed by atoms with E-state index in [0.717, 1.165) is 0 Å². The Morgan fingerprint density at radius 2 is 1.88 bits per heavy atom. The van der Waals surface area contributed by atoms with Crippen molar-refractivity contribution in [2.45, 2.75) is 25.2 Å². The maximum atomic E-state index is 11.8. The predicted molar refractivity (Wildman–Crippen MR) is 56.5 cm³/mol. The average Bonchev–Trinajstić information content (AvgIpc) is 2.50. The summed E-state index contributed by atoms with van der Waals surface area (Å²) in [4.78, 5) is 11.8. The minimum atomic E-state index is -1.38. The lowest BCUT2D eigenvalue weighted by Gasteiger charge is -2.24. The molecule has 2 rings (SSSR count). The molecule has 0 amide bonds. The fraction of sp³-hybridized carbons (Fsp3) is 0.417. The van der Waals surface area contributed by atoms with Gasteiger partial charge in [-0.3, -0.25) is 0 Å². The van der Waals surface area contributed by atoms with Gasteiger partial charge >= 0.3 is 5.97 Å². The molecular formula is C12H14O4. The van der Waals surface area contributed by atoms with Crippen LogP contribution in [0.1, 0.15) is 19.4 Å². The molecule has 1 atom stereocenters. The van der Waals surface area contributed by atoms with Crippen LogP contribution in [-0.2, 0) is 19.9 Å². The van der Waals surface area contributed by atoms with Crippen LogP contribution in [0.5, 0.6) is 0 Å². The zero-order valence-electron chi connectivity index (χ0n) is 9.27. The molecule has 1 saturated heterocycles. The van der Waals surface area contributed by atoms with E-state index in [9.17, 15) is 9.90 Å². The van der Waals surface area contributed by atoms with E-state index in [-0.39, 0.29) is 0 Å². The van der Waals surface area contributed by atoms with Crippen LogP contribution >= 0.6 is 0 Å². The molecule has 1 heterocycles. The highest BCUT2D eigenvalue weighted by atomic mass is 16.8. The quantitative estimate of drug-likeness (QED) is 0.763. The topological polar surface area (TPSA) is 55.8 Å². The Kier molecular flexibility index (Phi) is 2.48. The van der Waals surface area contributed by atoms with Gasteiger partial charge in [0.25, 0.3) is 0 Å². The standard InChI is InChI=1S/C12H14O4/c1-11(2)15-10(14)12(8-13,16-11)9-6-4-3-5-7-9/h3-7,13H,8H2,1-2H3/t12-/m0/s1.